The van der Waals surface area contributed by atoms with Crippen molar-refractivity contribution in [3.8, 4) is 0 Å². The number of nitrogens with zero attached hydrogens (tertiary/aromatic N) is 2. The van der Waals surface area contributed by atoms with Gasteiger partial charge in [0.15, 0.2) is 0 Å². The molecule has 1 saturated heterocycles. The van der Waals surface area contributed by atoms with Gasteiger partial charge in [-0.3, -0.25) is 4.79 Å². The van der Waals surface area contributed by atoms with E-state index in [-0.39, 0.29) is 18.0 Å². The number of rotatable bonds is 9. The summed E-state index contributed by atoms with van der Waals surface area (Å²) in [5.41, 5.74) is 0.943. The number of hydrogen-bond donors (Lipinski definition) is 0. The van der Waals surface area contributed by atoms with Crippen LogP contribution in [0.15, 0.2) is 29.2 Å². The molecule has 1 atom stereocenters. The number of sulfonamides is 1. The number of hydrogen-bond acceptors (Lipinski definition) is 3. The summed E-state index contributed by atoms with van der Waals surface area (Å²) < 4.78 is 28.7. The quantitative estimate of drug-likeness (QED) is 0.464. The second-order valence-electron chi connectivity index (χ2n) is 11.0. The van der Waals surface area contributed by atoms with E-state index in [9.17, 15) is 13.2 Å². The van der Waals surface area contributed by atoms with Crippen LogP contribution in [0.4, 0.5) is 0 Å². The van der Waals surface area contributed by atoms with Crippen molar-refractivity contribution in [2.75, 3.05) is 13.1 Å². The van der Waals surface area contributed by atoms with Crippen molar-refractivity contribution in [2.24, 2.45) is 17.8 Å². The van der Waals surface area contributed by atoms with Crippen LogP contribution in [-0.4, -0.2) is 48.7 Å². The second-order valence-corrected chi connectivity index (χ2v) is 12.9. The largest absolute Gasteiger partial charge is 0.342 e. The molecule has 1 aromatic carbocycles. The molecule has 0 spiro atoms. The zero-order valence-electron chi connectivity index (χ0n) is 21.3. The Hall–Kier alpha value is -1.40. The van der Waals surface area contributed by atoms with Crippen LogP contribution >= 0.6 is 0 Å². The van der Waals surface area contributed by atoms with Crippen LogP contribution in [0.3, 0.4) is 0 Å². The van der Waals surface area contributed by atoms with Crippen LogP contribution in [0.2, 0.25) is 0 Å². The molecule has 2 fully saturated rings. The van der Waals surface area contributed by atoms with Crippen molar-refractivity contribution in [3.05, 3.63) is 29.8 Å². The minimum absolute atomic E-state index is 0.0713. The first kappa shape index (κ1) is 26.2. The third-order valence-corrected chi connectivity index (χ3v) is 9.53. The third kappa shape index (κ3) is 6.60. The standard InChI is InChI=1S/C27H44N2O3S/c1-20(2)17-24(19-23-10-6-7-11-23)27(30)28-15-13-25(14-16-28)29(21(3)4)33(31,32)26-12-8-9-22(5)18-26/h8-9,12,18,20-21,23-25H,6-7,10-11,13-17,19H2,1-5H3/t24-/m1/s1. The number of carbonyl (C=O) groups excluding carboxylic acids is 1. The van der Waals surface area contributed by atoms with Crippen LogP contribution in [0.1, 0.15) is 84.6 Å². The SMILES string of the molecule is Cc1cccc(S(=O)(=O)N(C(C)C)C2CCN(C(=O)[C@H](CC(C)C)CC3CCCC3)CC2)c1. The molecule has 0 aromatic heterocycles. The highest BCUT2D eigenvalue weighted by molar-refractivity contribution is 7.89. The van der Waals surface area contributed by atoms with E-state index in [0.717, 1.165) is 18.4 Å². The molecule has 0 N–H and O–H groups in total. The number of likely N-dealkylation sites (tertiary alicyclic amines) is 1. The Morgan fingerprint density at radius 1 is 1.06 bits per heavy atom. The summed E-state index contributed by atoms with van der Waals surface area (Å²) in [4.78, 5) is 15.9. The summed E-state index contributed by atoms with van der Waals surface area (Å²) in [6.07, 6.45) is 8.53. The first-order valence-corrected chi connectivity index (χ1v) is 14.4. The summed E-state index contributed by atoms with van der Waals surface area (Å²) in [5, 5.41) is 0. The highest BCUT2D eigenvalue weighted by atomic mass is 32.2. The summed E-state index contributed by atoms with van der Waals surface area (Å²) in [6, 6.07) is 6.97. The van der Waals surface area contributed by atoms with Gasteiger partial charge >= 0.3 is 0 Å². The molecule has 1 heterocycles. The van der Waals surface area contributed by atoms with E-state index >= 15 is 0 Å². The predicted molar refractivity (Wildman–Crippen MR) is 134 cm³/mol. The first-order chi connectivity index (χ1) is 15.6. The van der Waals surface area contributed by atoms with Gasteiger partial charge in [-0.15, -0.1) is 0 Å². The predicted octanol–water partition coefficient (Wildman–Crippen LogP) is 5.63. The average molecular weight is 477 g/mol. The molecule has 1 aliphatic heterocycles. The Bertz CT molecular complexity index is 882. The lowest BCUT2D eigenvalue weighted by molar-refractivity contribution is -0.138. The Morgan fingerprint density at radius 2 is 1.70 bits per heavy atom. The summed E-state index contributed by atoms with van der Waals surface area (Å²) in [5.74, 6) is 1.62. The van der Waals surface area contributed by atoms with Gasteiger partial charge in [0.1, 0.15) is 0 Å². The van der Waals surface area contributed by atoms with Crippen LogP contribution < -0.4 is 0 Å². The van der Waals surface area contributed by atoms with E-state index in [2.05, 4.69) is 13.8 Å². The van der Waals surface area contributed by atoms with Crippen molar-refractivity contribution >= 4 is 15.9 Å². The highest BCUT2D eigenvalue weighted by Crippen LogP contribution is 2.34. The lowest BCUT2D eigenvalue weighted by atomic mass is 9.86. The minimum Gasteiger partial charge on any atom is -0.342 e. The van der Waals surface area contributed by atoms with Gasteiger partial charge in [0, 0.05) is 31.1 Å². The van der Waals surface area contributed by atoms with E-state index < -0.39 is 10.0 Å². The van der Waals surface area contributed by atoms with Crippen LogP contribution in [0.5, 0.6) is 0 Å². The van der Waals surface area contributed by atoms with E-state index in [4.69, 9.17) is 0 Å². The molecule has 1 amide bonds. The molecular formula is C27H44N2O3S. The van der Waals surface area contributed by atoms with Crippen LogP contribution in [0, 0.1) is 24.7 Å². The van der Waals surface area contributed by atoms with E-state index in [1.54, 1.807) is 22.5 Å². The zero-order chi connectivity index (χ0) is 24.2. The maximum Gasteiger partial charge on any atom is 0.243 e. The molecular weight excluding hydrogens is 432 g/mol. The minimum atomic E-state index is -3.58. The summed E-state index contributed by atoms with van der Waals surface area (Å²) in [6.45, 7) is 11.5. The Balaban J connectivity index is 1.68. The lowest BCUT2D eigenvalue weighted by Gasteiger charge is -2.40. The fourth-order valence-corrected chi connectivity index (χ4v) is 7.89. The second kappa shape index (κ2) is 11.4. The Kier molecular flexibility index (Phi) is 9.02. The van der Waals surface area contributed by atoms with Crippen molar-refractivity contribution < 1.29 is 13.2 Å². The molecule has 186 valence electrons. The number of benzene rings is 1. The maximum atomic E-state index is 13.5. The molecule has 1 aliphatic carbocycles. The van der Waals surface area contributed by atoms with Gasteiger partial charge in [-0.1, -0.05) is 51.7 Å². The van der Waals surface area contributed by atoms with Crippen LogP contribution in [0.25, 0.3) is 0 Å². The molecule has 6 heteroatoms. The molecule has 1 aromatic rings. The molecule has 2 aliphatic rings. The van der Waals surface area contributed by atoms with Gasteiger partial charge < -0.3 is 4.90 Å². The molecule has 1 saturated carbocycles. The van der Waals surface area contributed by atoms with Crippen LogP contribution in [-0.2, 0) is 14.8 Å². The molecule has 5 nitrogen and oxygen atoms in total. The molecule has 0 radical (unpaired) electrons. The third-order valence-electron chi connectivity index (χ3n) is 7.41. The Morgan fingerprint density at radius 3 is 2.24 bits per heavy atom. The average Bonchev–Trinajstić information content (AvgIpc) is 3.26. The molecule has 0 unspecified atom stereocenters. The zero-order valence-corrected chi connectivity index (χ0v) is 22.1. The van der Waals surface area contributed by atoms with Crippen molar-refractivity contribution in [1.82, 2.24) is 9.21 Å². The topological polar surface area (TPSA) is 57.7 Å². The van der Waals surface area contributed by atoms with Gasteiger partial charge in [0.2, 0.25) is 15.9 Å². The van der Waals surface area contributed by atoms with Gasteiger partial charge in [-0.2, -0.15) is 4.31 Å². The van der Waals surface area contributed by atoms with Crippen molar-refractivity contribution in [1.29, 1.82) is 0 Å². The fourth-order valence-electron chi connectivity index (χ4n) is 5.91. The van der Waals surface area contributed by atoms with Gasteiger partial charge in [-0.25, -0.2) is 8.42 Å². The van der Waals surface area contributed by atoms with Crippen molar-refractivity contribution in [2.45, 2.75) is 103 Å². The molecule has 0 bridgehead atoms. The number of amides is 1. The normalized spacial score (nSPS) is 19.7. The van der Waals surface area contributed by atoms with Gasteiger partial charge in [0.25, 0.3) is 0 Å². The number of aryl methyl sites for hydroxylation is 1. The van der Waals surface area contributed by atoms with E-state index in [1.807, 2.05) is 31.7 Å². The highest BCUT2D eigenvalue weighted by Gasteiger charge is 2.38. The monoisotopic (exact) mass is 476 g/mol. The van der Waals surface area contributed by atoms with Crippen molar-refractivity contribution in [3.63, 3.8) is 0 Å². The lowest BCUT2D eigenvalue weighted by Crippen LogP contribution is -2.52. The van der Waals surface area contributed by atoms with Gasteiger partial charge in [0.05, 0.1) is 4.90 Å². The summed E-state index contributed by atoms with van der Waals surface area (Å²) >= 11 is 0. The number of carbonyl (C=O) groups is 1. The van der Waals surface area contributed by atoms with Gasteiger partial charge in [-0.05, 0) is 76.0 Å². The fraction of sp³-hybridized carbons (Fsp3) is 0.741. The van der Waals surface area contributed by atoms with E-state index in [1.165, 1.54) is 25.7 Å². The maximum absolute atomic E-state index is 13.5. The summed E-state index contributed by atoms with van der Waals surface area (Å²) in [7, 11) is -3.58. The van der Waals surface area contributed by atoms with E-state index in [0.29, 0.717) is 48.6 Å². The molecule has 3 rings (SSSR count). The number of piperidine rings is 1. The Labute approximate surface area is 202 Å². The first-order valence-electron chi connectivity index (χ1n) is 13.0. The molecule has 33 heavy (non-hydrogen) atoms. The smallest absolute Gasteiger partial charge is 0.243 e.